The van der Waals surface area contributed by atoms with E-state index in [1.165, 1.54) is 6.07 Å². The molecular weight excluding hydrogens is 451 g/mol. The third-order valence-electron chi connectivity index (χ3n) is 7.76. The highest BCUT2D eigenvalue weighted by Crippen LogP contribution is 2.40. The van der Waals surface area contributed by atoms with E-state index in [1.54, 1.807) is 17.0 Å². The molecule has 2 atom stereocenters. The van der Waals surface area contributed by atoms with Gasteiger partial charge in [0.25, 0.3) is 0 Å². The van der Waals surface area contributed by atoms with E-state index < -0.39 is 5.60 Å². The van der Waals surface area contributed by atoms with Crippen molar-refractivity contribution in [2.45, 2.75) is 69.6 Å². The van der Waals surface area contributed by atoms with Crippen LogP contribution in [0.3, 0.4) is 0 Å². The van der Waals surface area contributed by atoms with Crippen molar-refractivity contribution in [1.29, 1.82) is 0 Å². The van der Waals surface area contributed by atoms with Crippen molar-refractivity contribution in [3.63, 3.8) is 0 Å². The molecule has 0 unspecified atom stereocenters. The average molecular weight is 491 g/mol. The van der Waals surface area contributed by atoms with Gasteiger partial charge in [0, 0.05) is 24.1 Å². The van der Waals surface area contributed by atoms with E-state index in [4.69, 9.17) is 18.9 Å². The first-order chi connectivity index (χ1) is 16.7. The molecule has 4 aliphatic rings. The summed E-state index contributed by atoms with van der Waals surface area (Å²) in [5.41, 5.74) is 0.279. The quantitative estimate of drug-likeness (QED) is 0.617. The van der Waals surface area contributed by atoms with Crippen molar-refractivity contribution < 1.29 is 28.1 Å². The second kappa shape index (κ2) is 9.87. The van der Waals surface area contributed by atoms with Gasteiger partial charge in [0.2, 0.25) is 0 Å². The number of piperidine rings is 1. The van der Waals surface area contributed by atoms with Crippen molar-refractivity contribution in [3.05, 3.63) is 29.6 Å². The molecule has 4 aliphatic heterocycles. The monoisotopic (exact) mass is 490 g/mol. The van der Waals surface area contributed by atoms with E-state index in [0.717, 1.165) is 63.3 Å². The normalized spacial score (nSPS) is 27.3. The number of hydrogen-bond donors (Lipinski definition) is 0. The van der Waals surface area contributed by atoms with E-state index >= 15 is 0 Å². The number of benzene rings is 1. The van der Waals surface area contributed by atoms with Crippen molar-refractivity contribution >= 4 is 6.09 Å². The van der Waals surface area contributed by atoms with Crippen LogP contribution in [0.1, 0.15) is 57.9 Å². The third-order valence-corrected chi connectivity index (χ3v) is 7.76. The van der Waals surface area contributed by atoms with E-state index in [9.17, 15) is 9.18 Å². The number of hydrogen-bond acceptors (Lipinski definition) is 6. The number of carbonyl (C=O) groups excluding carboxylic acids is 1. The lowest BCUT2D eigenvalue weighted by Crippen LogP contribution is -2.64. The van der Waals surface area contributed by atoms with Crippen molar-refractivity contribution in [2.24, 2.45) is 5.92 Å². The molecule has 0 saturated carbocycles. The second-order valence-electron chi connectivity index (χ2n) is 11.7. The number of carbonyl (C=O) groups is 1. The van der Waals surface area contributed by atoms with Crippen molar-refractivity contribution in [2.75, 3.05) is 52.6 Å². The smallest absolute Gasteiger partial charge is 0.410 e. The van der Waals surface area contributed by atoms with Crippen LogP contribution >= 0.6 is 0 Å². The fraction of sp³-hybridized carbons (Fsp3) is 0.741. The van der Waals surface area contributed by atoms with Crippen LogP contribution in [-0.4, -0.2) is 85.7 Å². The summed E-state index contributed by atoms with van der Waals surface area (Å²) in [4.78, 5) is 16.6. The molecule has 4 saturated heterocycles. The van der Waals surface area contributed by atoms with Gasteiger partial charge in [-0.1, -0.05) is 0 Å². The maximum absolute atomic E-state index is 14.1. The molecule has 0 bridgehead atoms. The summed E-state index contributed by atoms with van der Waals surface area (Å²) in [5.74, 6) is 1.32. The van der Waals surface area contributed by atoms with E-state index in [2.05, 4.69) is 4.90 Å². The lowest BCUT2D eigenvalue weighted by atomic mass is 9.86. The van der Waals surface area contributed by atoms with Gasteiger partial charge in [-0.25, -0.2) is 9.18 Å². The minimum atomic E-state index is -0.485. The molecule has 0 aromatic heterocycles. The number of rotatable bonds is 5. The Bertz CT molecular complexity index is 899. The highest BCUT2D eigenvalue weighted by atomic mass is 19.1. The molecule has 1 amide bonds. The summed E-state index contributed by atoms with van der Waals surface area (Å²) in [7, 11) is 0. The summed E-state index contributed by atoms with van der Waals surface area (Å²) >= 11 is 0. The maximum atomic E-state index is 14.1. The molecule has 7 nitrogen and oxygen atoms in total. The fourth-order valence-corrected chi connectivity index (χ4v) is 5.85. The number of likely N-dealkylation sites (tertiary alicyclic amines) is 2. The largest absolute Gasteiger partial charge is 0.493 e. The molecule has 4 heterocycles. The van der Waals surface area contributed by atoms with Crippen LogP contribution in [0.2, 0.25) is 0 Å². The van der Waals surface area contributed by atoms with Crippen molar-refractivity contribution in [1.82, 2.24) is 9.80 Å². The Morgan fingerprint density at radius 2 is 1.94 bits per heavy atom. The van der Waals surface area contributed by atoms with E-state index in [-0.39, 0.29) is 17.5 Å². The number of nitrogens with zero attached hydrogens (tertiary/aromatic N) is 2. The predicted molar refractivity (Wildman–Crippen MR) is 129 cm³/mol. The number of halogens is 1. The molecule has 194 valence electrons. The highest BCUT2D eigenvalue weighted by Gasteiger charge is 2.53. The van der Waals surface area contributed by atoms with Gasteiger partial charge >= 0.3 is 6.09 Å². The molecule has 4 fully saturated rings. The summed E-state index contributed by atoms with van der Waals surface area (Å²) in [6, 6.07) is 5.30. The third kappa shape index (κ3) is 5.75. The van der Waals surface area contributed by atoms with Gasteiger partial charge in [0.15, 0.2) is 0 Å². The van der Waals surface area contributed by atoms with Crippen LogP contribution in [0, 0.1) is 11.7 Å². The predicted octanol–water partition coefficient (Wildman–Crippen LogP) is 4.20. The van der Waals surface area contributed by atoms with Gasteiger partial charge in [-0.05, 0) is 83.7 Å². The van der Waals surface area contributed by atoms with Gasteiger partial charge in [-0.3, -0.25) is 4.90 Å². The lowest BCUT2D eigenvalue weighted by Gasteiger charge is -2.47. The number of amides is 1. The van der Waals surface area contributed by atoms with Crippen LogP contribution in [0.5, 0.6) is 5.75 Å². The molecular formula is C27H39FN2O5. The summed E-state index contributed by atoms with van der Waals surface area (Å²) in [6.45, 7) is 11.6. The van der Waals surface area contributed by atoms with Crippen LogP contribution in [0.15, 0.2) is 18.2 Å². The van der Waals surface area contributed by atoms with Gasteiger partial charge in [0.05, 0.1) is 32.9 Å². The zero-order valence-corrected chi connectivity index (χ0v) is 21.3. The van der Waals surface area contributed by atoms with Gasteiger partial charge in [-0.15, -0.1) is 0 Å². The summed E-state index contributed by atoms with van der Waals surface area (Å²) in [6.07, 6.45) is 3.65. The summed E-state index contributed by atoms with van der Waals surface area (Å²) < 4.78 is 37.4. The lowest BCUT2D eigenvalue weighted by molar-refractivity contribution is -0.109. The minimum absolute atomic E-state index is 0.204. The molecule has 8 heteroatoms. The molecule has 1 spiro atoms. The van der Waals surface area contributed by atoms with E-state index in [0.29, 0.717) is 44.2 Å². The minimum Gasteiger partial charge on any atom is -0.493 e. The van der Waals surface area contributed by atoms with Crippen LogP contribution in [-0.2, 0) is 14.2 Å². The van der Waals surface area contributed by atoms with Crippen LogP contribution in [0.25, 0.3) is 0 Å². The first kappa shape index (κ1) is 24.8. The zero-order chi connectivity index (χ0) is 24.6. The maximum Gasteiger partial charge on any atom is 0.410 e. The Labute approximate surface area is 207 Å². The van der Waals surface area contributed by atoms with Crippen LogP contribution in [0.4, 0.5) is 9.18 Å². The van der Waals surface area contributed by atoms with E-state index in [1.807, 2.05) is 20.8 Å². The Kier molecular flexibility index (Phi) is 6.98. The molecule has 0 N–H and O–H groups in total. The Morgan fingerprint density at radius 3 is 2.63 bits per heavy atom. The molecule has 1 aromatic carbocycles. The van der Waals surface area contributed by atoms with Gasteiger partial charge < -0.3 is 23.8 Å². The second-order valence-corrected chi connectivity index (χ2v) is 11.7. The van der Waals surface area contributed by atoms with Crippen molar-refractivity contribution in [3.8, 4) is 5.75 Å². The fourth-order valence-electron chi connectivity index (χ4n) is 5.85. The standard InChI is InChI=1S/C27H39FN2O5/c1-26(2,3)35-25(31)30-17-27(18-30)13-22(16-34-27)29-9-6-20(7-10-29)23-12-21(28)4-5-24(23)33-15-19-8-11-32-14-19/h4-5,12,19-20,22H,6-11,13-18H2,1-3H3/t19-,22-/m0/s1. The van der Waals surface area contributed by atoms with Gasteiger partial charge in [0.1, 0.15) is 22.8 Å². The SMILES string of the molecule is CC(C)(C)OC(=O)N1CC2(C[C@H](N3CCC(c4cc(F)ccc4OC[C@H]4CCOC4)CC3)CO2)C1. The molecule has 0 aliphatic carbocycles. The first-order valence-corrected chi connectivity index (χ1v) is 13.1. The highest BCUT2D eigenvalue weighted by molar-refractivity contribution is 5.69. The zero-order valence-electron chi connectivity index (χ0n) is 21.3. The Morgan fingerprint density at radius 1 is 1.17 bits per heavy atom. The first-order valence-electron chi connectivity index (χ1n) is 13.1. The molecule has 0 radical (unpaired) electrons. The summed E-state index contributed by atoms with van der Waals surface area (Å²) in [5, 5.41) is 0. The Hall–Kier alpha value is -1.90. The van der Waals surface area contributed by atoms with Crippen LogP contribution < -0.4 is 4.74 Å². The average Bonchev–Trinajstić information content (AvgIpc) is 3.46. The van der Waals surface area contributed by atoms with Gasteiger partial charge in [-0.2, -0.15) is 0 Å². The number of ether oxygens (including phenoxy) is 4. The topological polar surface area (TPSA) is 60.5 Å². The molecule has 35 heavy (non-hydrogen) atoms. The molecule has 1 aromatic rings. The Balaban J connectivity index is 1.12. The molecule has 5 rings (SSSR count).